The molecule has 16 aliphatic rings. The quantitative estimate of drug-likeness (QED) is 0.0508. The van der Waals surface area contributed by atoms with Gasteiger partial charge in [-0.2, -0.15) is 0 Å². The Morgan fingerprint density at radius 3 is 0.864 bits per heavy atom. The van der Waals surface area contributed by atoms with Crippen molar-refractivity contribution in [2.45, 2.75) is 327 Å². The monoisotopic (exact) mass is 1440 g/mol. The molecule has 0 saturated heterocycles. The third kappa shape index (κ3) is 12.0. The Labute approximate surface area is 614 Å². The van der Waals surface area contributed by atoms with E-state index in [1.165, 1.54) is 0 Å². The van der Waals surface area contributed by atoms with Crippen LogP contribution >= 0.6 is 0 Å². The fourth-order valence-electron chi connectivity index (χ4n) is 33.1. The maximum absolute atomic E-state index is 12.8. The molecule has 18 heteroatoms. The van der Waals surface area contributed by atoms with Gasteiger partial charge in [0.05, 0.1) is 91.6 Å². The van der Waals surface area contributed by atoms with Crippen LogP contribution in [-0.2, 0) is 28.6 Å². The third-order valence-electron chi connectivity index (χ3n) is 37.6. The molecule has 103 heavy (non-hydrogen) atoms. The molecule has 12 N–H and O–H groups in total. The normalized spacial score (nSPS) is 55.9. The van der Waals surface area contributed by atoms with Gasteiger partial charge in [0.2, 0.25) is 0 Å². The summed E-state index contributed by atoms with van der Waals surface area (Å²) in [6, 6.07) is 0. The molecule has 16 saturated carbocycles. The number of carbonyl (C=O) groups is 3. The lowest BCUT2D eigenvalue weighted by Gasteiger charge is -2.68. The molecule has 0 aliphatic heterocycles. The van der Waals surface area contributed by atoms with Crippen LogP contribution in [0.1, 0.15) is 255 Å². The van der Waals surface area contributed by atoms with Gasteiger partial charge in [0.1, 0.15) is 0 Å². The Morgan fingerprint density at radius 1 is 0.350 bits per heavy atom. The minimum Gasteiger partial charge on any atom is -0.481 e. The Hall–Kier alpha value is -2.07. The summed E-state index contributed by atoms with van der Waals surface area (Å²) >= 11 is 0. The van der Waals surface area contributed by atoms with E-state index in [-0.39, 0.29) is 166 Å². The zero-order chi connectivity index (χ0) is 73.6. The summed E-state index contributed by atoms with van der Waals surface area (Å²) in [6.45, 7) is 21.5. The highest BCUT2D eigenvalue weighted by Crippen LogP contribution is 2.75. The topological polar surface area (TPSA) is 322 Å². The van der Waals surface area contributed by atoms with Gasteiger partial charge in [0, 0.05) is 38.5 Å². The number of rotatable bonds is 21. The van der Waals surface area contributed by atoms with Gasteiger partial charge >= 0.3 is 17.9 Å². The van der Waals surface area contributed by atoms with E-state index in [1.807, 2.05) is 0 Å². The molecule has 12 unspecified atom stereocenters. The highest BCUT2D eigenvalue weighted by atomic mass is 16.5. The first-order chi connectivity index (χ1) is 48.5. The van der Waals surface area contributed by atoms with Crippen LogP contribution in [0.25, 0.3) is 0 Å². The minimum atomic E-state index is -0.808. The van der Waals surface area contributed by atoms with Crippen LogP contribution in [0, 0.1) is 163 Å². The van der Waals surface area contributed by atoms with Crippen molar-refractivity contribution < 1.29 is 89.9 Å². The van der Waals surface area contributed by atoms with Crippen molar-refractivity contribution in [2.24, 2.45) is 163 Å². The summed E-state index contributed by atoms with van der Waals surface area (Å²) in [6.07, 6.45) is 12.8. The molecule has 16 fully saturated rings. The number of carboxylic acids is 3. The molecular weight excluding hydrogens is 1310 g/mol. The number of fused-ring (bicyclic) bond motifs is 15. The average Bonchev–Trinajstić information content (AvgIpc) is 1.66. The van der Waals surface area contributed by atoms with Gasteiger partial charge in [-0.05, 0) is 317 Å². The second-order valence-corrected chi connectivity index (χ2v) is 41.6. The molecule has 0 aromatic rings. The van der Waals surface area contributed by atoms with Gasteiger partial charge in [0.15, 0.2) is 0 Å². The fraction of sp³-hybridized carbons (Fsp3) is 0.965. The molecule has 0 heterocycles. The predicted molar refractivity (Wildman–Crippen MR) is 384 cm³/mol. The maximum Gasteiger partial charge on any atom is 0.303 e. The van der Waals surface area contributed by atoms with Crippen LogP contribution in [-0.4, -0.2) is 171 Å². The van der Waals surface area contributed by atoms with E-state index >= 15 is 0 Å². The van der Waals surface area contributed by atoms with E-state index in [2.05, 4.69) is 62.3 Å². The second-order valence-electron chi connectivity index (χ2n) is 41.6. The predicted octanol–water partition coefficient (Wildman–Crippen LogP) is 11.3. The summed E-state index contributed by atoms with van der Waals surface area (Å²) in [7, 11) is 0. The summed E-state index contributed by atoms with van der Waals surface area (Å²) in [4.78, 5) is 35.5. The Balaban J connectivity index is 0.739. The van der Waals surface area contributed by atoms with Crippen molar-refractivity contribution in [2.75, 3.05) is 19.8 Å². The Kier molecular flexibility index (Phi) is 20.1. The van der Waals surface area contributed by atoms with Gasteiger partial charge in [-0.3, -0.25) is 14.4 Å². The van der Waals surface area contributed by atoms with E-state index in [0.717, 1.165) is 57.8 Å². The van der Waals surface area contributed by atoms with Crippen LogP contribution in [0.2, 0.25) is 0 Å². The van der Waals surface area contributed by atoms with Crippen molar-refractivity contribution in [3.05, 3.63) is 0 Å². The van der Waals surface area contributed by atoms with Crippen molar-refractivity contribution >= 4 is 17.9 Å². The lowest BCUT2D eigenvalue weighted by atomic mass is 9.41. The fourth-order valence-corrected chi connectivity index (χ4v) is 33.1. The lowest BCUT2D eigenvalue weighted by Crippen LogP contribution is -2.69. The molecule has 16 rings (SSSR count). The summed E-state index contributed by atoms with van der Waals surface area (Å²) in [5.41, 5.74) is -4.64. The van der Waals surface area contributed by atoms with Gasteiger partial charge in [-0.25, -0.2) is 0 Å². The molecule has 18 nitrogen and oxygen atoms in total. The van der Waals surface area contributed by atoms with Crippen LogP contribution in [0.15, 0.2) is 0 Å². The Morgan fingerprint density at radius 2 is 0.612 bits per heavy atom. The van der Waals surface area contributed by atoms with Gasteiger partial charge in [0.25, 0.3) is 0 Å². The molecule has 0 spiro atoms. The number of ether oxygens (including phenoxy) is 3. The van der Waals surface area contributed by atoms with Gasteiger partial charge < -0.3 is 75.5 Å². The van der Waals surface area contributed by atoms with E-state index < -0.39 is 106 Å². The summed E-state index contributed by atoms with van der Waals surface area (Å²) < 4.78 is 23.9. The van der Waals surface area contributed by atoms with Crippen molar-refractivity contribution in [1.82, 2.24) is 0 Å². The van der Waals surface area contributed by atoms with Crippen LogP contribution in [0.4, 0.5) is 0 Å². The molecule has 0 radical (unpaired) electrons. The number of aliphatic hydroxyl groups is 9. The van der Waals surface area contributed by atoms with E-state index in [4.69, 9.17) is 14.2 Å². The molecule has 16 aliphatic carbocycles. The lowest BCUT2D eigenvalue weighted by molar-refractivity contribution is -0.310. The smallest absolute Gasteiger partial charge is 0.303 e. The third-order valence-corrected chi connectivity index (χ3v) is 37.6. The summed E-state index contributed by atoms with van der Waals surface area (Å²) in [5, 5.41) is 141. The zero-order valence-electron chi connectivity index (χ0n) is 64.0. The molecule has 584 valence electrons. The van der Waals surface area contributed by atoms with E-state index in [0.29, 0.717) is 135 Å². The zero-order valence-corrected chi connectivity index (χ0v) is 64.0. The standard InChI is InChI=1S/C85H136O18/c1-43(10-19-71(95)96)56-13-16-59-74-62(31-68(92)80(56,59)7)77(4)47(28-65(74)89)22-53(86)25-50(77)37-101-83-34-46-35-84(40-83,102-38-51-26-54(87)23-48-29-66(90)75-60-17-14-57(44(2)11-20-72(97)98)81(60,8)69(93)32-63(75)78(48,51)5)42-85(36-46,41-83)103-39-52-27-55(88)24-49-30-67(91)76-61-18-15-58(45(3)12-21-73(99)100)82(61,9)70(94)33-64(76)79(49,52)6/h43-70,74-76,86-94H,10-42H2,1-9H3,(H,95,96)(H,97,98)(H,99,100)/t43-,44-,45-,46?,47+,48+,49+,50?,51?,52?,53+,54+,55+,56-,57-,58-,59?,60?,61?,62?,63?,64?,65-,66-,67-,68+,69+,70+,74?,75?,76?,77-,78-,79-,80-,81-,82-,83?,84?,85?/m1/s1. The van der Waals surface area contributed by atoms with Crippen LogP contribution < -0.4 is 0 Å². The maximum atomic E-state index is 12.8. The number of aliphatic carboxylic acids is 3. The highest BCUT2D eigenvalue weighted by Gasteiger charge is 2.74. The van der Waals surface area contributed by atoms with Crippen molar-refractivity contribution in [3.63, 3.8) is 0 Å². The number of hydrogen-bond acceptors (Lipinski definition) is 15. The molecule has 0 aromatic carbocycles. The van der Waals surface area contributed by atoms with Crippen molar-refractivity contribution in [3.8, 4) is 0 Å². The first-order valence-corrected chi connectivity index (χ1v) is 42.2. The van der Waals surface area contributed by atoms with Crippen LogP contribution in [0.5, 0.6) is 0 Å². The number of carboxylic acid groups (broad SMARTS) is 3. The molecule has 0 amide bonds. The van der Waals surface area contributed by atoms with Crippen molar-refractivity contribution in [1.29, 1.82) is 0 Å². The second kappa shape index (κ2) is 27.1. The van der Waals surface area contributed by atoms with Crippen LogP contribution in [0.3, 0.4) is 0 Å². The minimum absolute atomic E-state index is 0.00104. The number of hydrogen-bond donors (Lipinski definition) is 12. The largest absolute Gasteiger partial charge is 0.481 e. The molecule has 36 atom stereocenters. The van der Waals surface area contributed by atoms with E-state index in [9.17, 15) is 75.7 Å². The molecular formula is C85H136O18. The first-order valence-electron chi connectivity index (χ1n) is 42.2. The molecule has 4 bridgehead atoms. The first kappa shape index (κ1) is 76.3. The number of aliphatic hydroxyl groups excluding tert-OH is 9. The SMILES string of the molecule is C[C@H](CCC(=O)O)[C@H]1CCC2C3C(C[C@H](O)[C@@]21C)[C@@]1(C)C(COC24CC5CC(OCC6C[C@@H](O)C[C@H]7C[C@@H](O)C8C(C[C@H](O)[C@@]9(C)C8CC[C@@H]9[C@H](C)CCC(=O)O)[C@@]67C)(C2)CC(OCC2C[C@@H](O)C[C@H]6C[C@@H](O)C7C(C[C@H](O)[C@@]8(C)C7CC[C@@H]8[C@H](C)CCC(=O)O)[C@@]26C)(C5)C4)C[C@@H](O)C[C@H]1C[C@H]3O. The Bertz CT molecular complexity index is 2800. The van der Waals surface area contributed by atoms with Gasteiger partial charge in [-0.1, -0.05) is 62.3 Å². The summed E-state index contributed by atoms with van der Waals surface area (Å²) in [5.74, 6) is -1.91. The highest BCUT2D eigenvalue weighted by molar-refractivity contribution is 5.67. The van der Waals surface area contributed by atoms with E-state index in [1.54, 1.807) is 0 Å². The average molecular weight is 1450 g/mol. The molecule has 0 aromatic heterocycles. The van der Waals surface area contributed by atoms with Gasteiger partial charge in [-0.15, -0.1) is 0 Å².